The molecular weight excluding hydrogens is 320 g/mol. The fourth-order valence-corrected chi connectivity index (χ4v) is 4.07. The van der Waals surface area contributed by atoms with Crippen molar-refractivity contribution in [1.82, 2.24) is 5.32 Å². The molecule has 4 rings (SSSR count). The van der Waals surface area contributed by atoms with E-state index in [4.69, 9.17) is 11.6 Å². The van der Waals surface area contributed by atoms with Gasteiger partial charge in [-0.15, -0.1) is 0 Å². The largest absolute Gasteiger partial charge is 0.314 e. The van der Waals surface area contributed by atoms with Crippen LogP contribution in [0, 0.1) is 11.3 Å². The first-order valence-corrected chi connectivity index (χ1v) is 8.56. The molecule has 2 aromatic carbocycles. The van der Waals surface area contributed by atoms with E-state index < -0.39 is 0 Å². The zero-order chi connectivity index (χ0) is 16.9. The summed E-state index contributed by atoms with van der Waals surface area (Å²) in [5.41, 5.74) is 3.16. The normalized spacial score (nSPS) is 23.4. The smallest absolute Gasteiger partial charge is 0.229 e. The average Bonchev–Trinajstić information content (AvgIpc) is 2.92. The number of nitrogens with zero attached hydrogens (tertiary/aromatic N) is 1. The lowest BCUT2D eigenvalue weighted by molar-refractivity contribution is -0.121. The molecule has 1 saturated carbocycles. The quantitative estimate of drug-likeness (QED) is 0.861. The highest BCUT2D eigenvalue weighted by atomic mass is 35.5. The van der Waals surface area contributed by atoms with Gasteiger partial charge in [0.05, 0.1) is 11.6 Å². The van der Waals surface area contributed by atoms with E-state index in [0.29, 0.717) is 17.3 Å². The zero-order valence-electron chi connectivity index (χ0n) is 13.7. The summed E-state index contributed by atoms with van der Waals surface area (Å²) in [6, 6.07) is 15.9. The molecule has 0 bridgehead atoms. The Hall–Kier alpha value is -2.13. The van der Waals surface area contributed by atoms with Crippen LogP contribution in [-0.4, -0.2) is 11.7 Å². The lowest BCUT2D eigenvalue weighted by atomic mass is 10.0. The first-order valence-electron chi connectivity index (χ1n) is 8.18. The molecule has 1 fully saturated rings. The Kier molecular flexibility index (Phi) is 3.50. The predicted molar refractivity (Wildman–Crippen MR) is 96.8 cm³/mol. The number of rotatable bonds is 2. The molecule has 1 amide bonds. The van der Waals surface area contributed by atoms with E-state index >= 15 is 0 Å². The Morgan fingerprint density at radius 1 is 1.21 bits per heavy atom. The lowest BCUT2D eigenvalue weighted by Crippen LogP contribution is -2.33. The molecule has 0 aromatic heterocycles. The van der Waals surface area contributed by atoms with Crippen molar-refractivity contribution in [3.8, 4) is 0 Å². The lowest BCUT2D eigenvalue weighted by Gasteiger charge is -2.05. The molecule has 24 heavy (non-hydrogen) atoms. The second kappa shape index (κ2) is 5.45. The summed E-state index contributed by atoms with van der Waals surface area (Å²) in [7, 11) is 0. The van der Waals surface area contributed by atoms with Gasteiger partial charge in [-0.05, 0) is 34.7 Å². The van der Waals surface area contributed by atoms with Crippen molar-refractivity contribution in [2.45, 2.75) is 26.2 Å². The third-order valence-electron chi connectivity index (χ3n) is 5.19. The Labute approximate surface area is 146 Å². The number of halogens is 1. The second-order valence-electron chi connectivity index (χ2n) is 7.18. The van der Waals surface area contributed by atoms with Crippen LogP contribution in [0.15, 0.2) is 53.5 Å². The Morgan fingerprint density at radius 2 is 1.96 bits per heavy atom. The first-order chi connectivity index (χ1) is 11.5. The van der Waals surface area contributed by atoms with Crippen LogP contribution < -0.4 is 5.32 Å². The maximum atomic E-state index is 12.8. The topological polar surface area (TPSA) is 41.5 Å². The Balaban J connectivity index is 1.48. The van der Waals surface area contributed by atoms with E-state index in [1.807, 2.05) is 36.4 Å². The van der Waals surface area contributed by atoms with Crippen LogP contribution in [0.3, 0.4) is 0 Å². The van der Waals surface area contributed by atoms with Crippen molar-refractivity contribution >= 4 is 29.0 Å². The number of carbonyl (C=O) groups is 1. The minimum absolute atomic E-state index is 0.0186. The predicted octanol–water partition coefficient (Wildman–Crippen LogP) is 4.48. The van der Waals surface area contributed by atoms with Crippen molar-refractivity contribution in [2.75, 3.05) is 0 Å². The summed E-state index contributed by atoms with van der Waals surface area (Å²) < 4.78 is 0. The van der Waals surface area contributed by atoms with Gasteiger partial charge < -0.3 is 5.32 Å². The number of amidine groups is 1. The second-order valence-corrected chi connectivity index (χ2v) is 7.62. The van der Waals surface area contributed by atoms with Gasteiger partial charge in [-0.2, -0.15) is 0 Å². The van der Waals surface area contributed by atoms with Gasteiger partial charge in [-0.1, -0.05) is 55.8 Å². The Morgan fingerprint density at radius 3 is 2.71 bits per heavy atom. The van der Waals surface area contributed by atoms with E-state index in [0.717, 1.165) is 11.3 Å². The third kappa shape index (κ3) is 2.53. The van der Waals surface area contributed by atoms with Crippen LogP contribution in [-0.2, 0) is 11.2 Å². The van der Waals surface area contributed by atoms with E-state index in [1.165, 1.54) is 5.56 Å². The summed E-state index contributed by atoms with van der Waals surface area (Å²) in [5.74, 6) is 1.02. The fourth-order valence-electron chi connectivity index (χ4n) is 3.87. The fraction of sp³-hybridized carbons (Fsp3) is 0.300. The summed E-state index contributed by atoms with van der Waals surface area (Å²) in [6.45, 7) is 4.31. The first kappa shape index (κ1) is 15.4. The van der Waals surface area contributed by atoms with Crippen LogP contribution in [0.4, 0.5) is 5.69 Å². The Bertz CT molecular complexity index is 842. The summed E-state index contributed by atoms with van der Waals surface area (Å²) in [4.78, 5) is 17.3. The standard InChI is InChI=1S/C20H19ClN2O/c1-20(2)17(12-6-4-3-5-7-12)18(20)19(24)23-16-11-13-10-14(21)8-9-15(13)22-16/h3-10,17-18H,11H2,1-2H3,(H,22,23,24). The molecule has 0 radical (unpaired) electrons. The van der Waals surface area contributed by atoms with Crippen molar-refractivity contribution in [2.24, 2.45) is 16.3 Å². The van der Waals surface area contributed by atoms with Gasteiger partial charge in [0.25, 0.3) is 0 Å². The van der Waals surface area contributed by atoms with Crippen molar-refractivity contribution in [3.63, 3.8) is 0 Å². The van der Waals surface area contributed by atoms with Crippen LogP contribution >= 0.6 is 11.6 Å². The minimum atomic E-state index is -0.0270. The van der Waals surface area contributed by atoms with Crippen LogP contribution in [0.1, 0.15) is 30.9 Å². The molecule has 0 spiro atoms. The SMILES string of the molecule is CC1(C)C(C(=O)NC2=Nc3ccc(Cl)cc3C2)C1c1ccccc1. The van der Waals surface area contributed by atoms with Gasteiger partial charge in [0.15, 0.2) is 0 Å². The van der Waals surface area contributed by atoms with Gasteiger partial charge in [0.1, 0.15) is 5.84 Å². The highest BCUT2D eigenvalue weighted by Crippen LogP contribution is 2.64. The number of carbonyl (C=O) groups excluding carboxylic acids is 1. The van der Waals surface area contributed by atoms with Crippen molar-refractivity contribution in [3.05, 3.63) is 64.7 Å². The number of nitrogens with one attached hydrogen (secondary N) is 1. The average molecular weight is 339 g/mol. The number of aliphatic imine (C=N–C) groups is 1. The number of benzene rings is 2. The molecular formula is C20H19ClN2O. The van der Waals surface area contributed by atoms with Gasteiger partial charge >= 0.3 is 0 Å². The molecule has 1 heterocycles. The molecule has 1 aliphatic heterocycles. The summed E-state index contributed by atoms with van der Waals surface area (Å²) >= 11 is 6.02. The molecule has 1 aliphatic carbocycles. The highest BCUT2D eigenvalue weighted by Gasteiger charge is 2.62. The molecule has 2 unspecified atom stereocenters. The number of fused-ring (bicyclic) bond motifs is 1. The molecule has 4 heteroatoms. The van der Waals surface area contributed by atoms with Crippen LogP contribution in [0.25, 0.3) is 0 Å². The zero-order valence-corrected chi connectivity index (χ0v) is 14.5. The molecule has 2 aromatic rings. The summed E-state index contributed by atoms with van der Waals surface area (Å²) in [5, 5.41) is 3.73. The number of amides is 1. The molecule has 3 nitrogen and oxygen atoms in total. The van der Waals surface area contributed by atoms with E-state index in [-0.39, 0.29) is 23.2 Å². The molecule has 2 atom stereocenters. The van der Waals surface area contributed by atoms with Gasteiger partial charge in [-0.3, -0.25) is 4.79 Å². The maximum absolute atomic E-state index is 12.8. The van der Waals surface area contributed by atoms with Gasteiger partial charge in [0.2, 0.25) is 5.91 Å². The van der Waals surface area contributed by atoms with Crippen molar-refractivity contribution in [1.29, 1.82) is 0 Å². The molecule has 2 aliphatic rings. The van der Waals surface area contributed by atoms with Crippen LogP contribution in [0.5, 0.6) is 0 Å². The third-order valence-corrected chi connectivity index (χ3v) is 5.43. The molecule has 0 saturated heterocycles. The van der Waals surface area contributed by atoms with E-state index in [1.54, 1.807) is 0 Å². The monoisotopic (exact) mass is 338 g/mol. The van der Waals surface area contributed by atoms with Crippen molar-refractivity contribution < 1.29 is 4.79 Å². The molecule has 1 N–H and O–H groups in total. The number of hydrogen-bond donors (Lipinski definition) is 1. The highest BCUT2D eigenvalue weighted by molar-refractivity contribution is 6.30. The molecule has 122 valence electrons. The minimum Gasteiger partial charge on any atom is -0.314 e. The summed E-state index contributed by atoms with van der Waals surface area (Å²) in [6.07, 6.45) is 0.630. The number of hydrogen-bond acceptors (Lipinski definition) is 2. The van der Waals surface area contributed by atoms with E-state index in [9.17, 15) is 4.79 Å². The van der Waals surface area contributed by atoms with Gasteiger partial charge in [0, 0.05) is 17.4 Å². The van der Waals surface area contributed by atoms with Crippen LogP contribution in [0.2, 0.25) is 5.02 Å². The van der Waals surface area contributed by atoms with E-state index in [2.05, 4.69) is 36.3 Å². The van der Waals surface area contributed by atoms with Gasteiger partial charge in [-0.25, -0.2) is 4.99 Å². The maximum Gasteiger partial charge on any atom is 0.229 e.